The van der Waals surface area contributed by atoms with E-state index >= 15 is 0 Å². The second-order valence-electron chi connectivity index (χ2n) is 3.08. The molecule has 1 aliphatic carbocycles. The van der Waals surface area contributed by atoms with Crippen LogP contribution in [0.2, 0.25) is 0 Å². The van der Waals surface area contributed by atoms with E-state index in [2.05, 4.69) is 0 Å². The summed E-state index contributed by atoms with van der Waals surface area (Å²) in [7, 11) is 0. The molecule has 0 aromatic carbocycles. The van der Waals surface area contributed by atoms with Crippen LogP contribution in [0, 0.1) is 16.0 Å². The monoisotopic (exact) mass is 183 g/mol. The van der Waals surface area contributed by atoms with Crippen molar-refractivity contribution >= 4 is 0 Å². The van der Waals surface area contributed by atoms with Crippen molar-refractivity contribution in [1.29, 1.82) is 0 Å². The first-order valence-electron chi connectivity index (χ1n) is 4.37. The van der Waals surface area contributed by atoms with Crippen molar-refractivity contribution in [2.24, 2.45) is 5.92 Å². The molecule has 13 heavy (non-hydrogen) atoms. The van der Waals surface area contributed by atoms with Crippen LogP contribution in [0.5, 0.6) is 0 Å². The molecule has 0 spiro atoms. The Morgan fingerprint density at radius 2 is 2.46 bits per heavy atom. The van der Waals surface area contributed by atoms with Crippen LogP contribution in [0.15, 0.2) is 23.9 Å². The molecule has 1 unspecified atom stereocenters. The molecule has 0 amide bonds. The number of aliphatic hydroxyl groups is 1. The summed E-state index contributed by atoms with van der Waals surface area (Å²) in [5.74, 6) is -0.0212. The Balaban J connectivity index is 2.58. The highest BCUT2D eigenvalue weighted by Gasteiger charge is 2.24. The predicted octanol–water partition coefficient (Wildman–Crippen LogP) is 1.50. The molecule has 0 aliphatic heterocycles. The number of aliphatic hydroxyl groups excluding tert-OH is 1. The Morgan fingerprint density at radius 1 is 1.69 bits per heavy atom. The van der Waals surface area contributed by atoms with Gasteiger partial charge in [0.25, 0.3) is 0 Å². The van der Waals surface area contributed by atoms with E-state index in [0.717, 1.165) is 0 Å². The summed E-state index contributed by atoms with van der Waals surface area (Å²) in [6.07, 6.45) is 7.22. The normalized spacial score (nSPS) is 21.3. The first kappa shape index (κ1) is 9.92. The van der Waals surface area contributed by atoms with Gasteiger partial charge in [-0.1, -0.05) is 12.2 Å². The third-order valence-corrected chi connectivity index (χ3v) is 2.16. The van der Waals surface area contributed by atoms with Crippen LogP contribution in [0.4, 0.5) is 0 Å². The number of nitro groups is 1. The molecule has 72 valence electrons. The van der Waals surface area contributed by atoms with E-state index in [1.165, 1.54) is 0 Å². The Hall–Kier alpha value is -1.16. The lowest BCUT2D eigenvalue weighted by Gasteiger charge is -2.13. The summed E-state index contributed by atoms with van der Waals surface area (Å²) >= 11 is 0. The fourth-order valence-electron chi connectivity index (χ4n) is 1.48. The quantitative estimate of drug-likeness (QED) is 0.530. The second kappa shape index (κ2) is 4.77. The number of rotatable bonds is 4. The van der Waals surface area contributed by atoms with E-state index in [4.69, 9.17) is 5.11 Å². The molecular formula is C9H13NO3. The standard InChI is InChI=1S/C9H13NO3/c11-7-3-5-8-4-1-2-6-9(8)10(12)13/h1-2,6,8,11H,3-5,7H2. The first-order chi connectivity index (χ1) is 6.25. The SMILES string of the molecule is O=[N+]([O-])C1=CC=CCC1CCCO. The zero-order valence-corrected chi connectivity index (χ0v) is 7.35. The van der Waals surface area contributed by atoms with Gasteiger partial charge in [0.2, 0.25) is 5.70 Å². The minimum absolute atomic E-state index is 0.0212. The second-order valence-corrected chi connectivity index (χ2v) is 3.08. The van der Waals surface area contributed by atoms with Crippen LogP contribution in [0.3, 0.4) is 0 Å². The largest absolute Gasteiger partial charge is 0.396 e. The third kappa shape index (κ3) is 2.66. The first-order valence-corrected chi connectivity index (χ1v) is 4.37. The molecule has 0 fully saturated rings. The van der Waals surface area contributed by atoms with Crippen LogP contribution in [-0.2, 0) is 0 Å². The molecule has 0 radical (unpaired) electrons. The van der Waals surface area contributed by atoms with E-state index in [1.807, 2.05) is 6.08 Å². The molecule has 0 aromatic heterocycles. The summed E-state index contributed by atoms with van der Waals surface area (Å²) in [5.41, 5.74) is 0.274. The topological polar surface area (TPSA) is 63.4 Å². The van der Waals surface area contributed by atoms with Gasteiger partial charge in [-0.05, 0) is 19.3 Å². The van der Waals surface area contributed by atoms with Crippen molar-refractivity contribution < 1.29 is 10.0 Å². The van der Waals surface area contributed by atoms with Gasteiger partial charge in [0.05, 0.1) is 10.8 Å². The molecule has 1 rings (SSSR count). The molecule has 0 bridgehead atoms. The summed E-state index contributed by atoms with van der Waals surface area (Å²) < 4.78 is 0. The summed E-state index contributed by atoms with van der Waals surface area (Å²) in [5, 5.41) is 19.2. The van der Waals surface area contributed by atoms with Gasteiger partial charge < -0.3 is 5.11 Å². The number of nitrogens with zero attached hydrogens (tertiary/aromatic N) is 1. The maximum Gasteiger partial charge on any atom is 0.249 e. The molecule has 1 atom stereocenters. The molecule has 0 heterocycles. The van der Waals surface area contributed by atoms with E-state index in [9.17, 15) is 10.1 Å². The molecule has 1 aliphatic rings. The van der Waals surface area contributed by atoms with E-state index in [-0.39, 0.29) is 23.1 Å². The lowest BCUT2D eigenvalue weighted by molar-refractivity contribution is -0.434. The lowest BCUT2D eigenvalue weighted by Crippen LogP contribution is -2.13. The van der Waals surface area contributed by atoms with Gasteiger partial charge in [0, 0.05) is 12.7 Å². The smallest absolute Gasteiger partial charge is 0.249 e. The average Bonchev–Trinajstić information content (AvgIpc) is 2.15. The van der Waals surface area contributed by atoms with Gasteiger partial charge in [0.15, 0.2) is 0 Å². The Labute approximate surface area is 76.7 Å². The molecule has 0 saturated heterocycles. The van der Waals surface area contributed by atoms with Crippen molar-refractivity contribution in [1.82, 2.24) is 0 Å². The minimum Gasteiger partial charge on any atom is -0.396 e. The maximum absolute atomic E-state index is 10.6. The molecule has 4 nitrogen and oxygen atoms in total. The zero-order chi connectivity index (χ0) is 9.68. The highest BCUT2D eigenvalue weighted by molar-refractivity contribution is 5.15. The van der Waals surface area contributed by atoms with Gasteiger partial charge >= 0.3 is 0 Å². The van der Waals surface area contributed by atoms with Crippen LogP contribution >= 0.6 is 0 Å². The van der Waals surface area contributed by atoms with Crippen LogP contribution in [0.25, 0.3) is 0 Å². The van der Waals surface area contributed by atoms with Crippen molar-refractivity contribution in [2.45, 2.75) is 19.3 Å². The zero-order valence-electron chi connectivity index (χ0n) is 7.35. The van der Waals surface area contributed by atoms with Gasteiger partial charge in [-0.2, -0.15) is 0 Å². The average molecular weight is 183 g/mol. The highest BCUT2D eigenvalue weighted by atomic mass is 16.6. The molecule has 0 saturated carbocycles. The van der Waals surface area contributed by atoms with E-state index in [0.29, 0.717) is 19.3 Å². The number of allylic oxidation sites excluding steroid dienone is 4. The van der Waals surface area contributed by atoms with Gasteiger partial charge in [-0.15, -0.1) is 0 Å². The van der Waals surface area contributed by atoms with Gasteiger partial charge in [-0.3, -0.25) is 10.1 Å². The molecule has 4 heteroatoms. The molecule has 0 aromatic rings. The summed E-state index contributed by atoms with van der Waals surface area (Å²) in [4.78, 5) is 10.2. The molecular weight excluding hydrogens is 170 g/mol. The Bertz CT molecular complexity index is 245. The van der Waals surface area contributed by atoms with Crippen LogP contribution in [-0.4, -0.2) is 16.6 Å². The van der Waals surface area contributed by atoms with Crippen molar-refractivity contribution in [3.8, 4) is 0 Å². The highest BCUT2D eigenvalue weighted by Crippen LogP contribution is 2.25. The lowest BCUT2D eigenvalue weighted by atomic mass is 9.92. The van der Waals surface area contributed by atoms with Crippen molar-refractivity contribution in [2.75, 3.05) is 6.61 Å². The van der Waals surface area contributed by atoms with Gasteiger partial charge in [-0.25, -0.2) is 0 Å². The summed E-state index contributed by atoms with van der Waals surface area (Å²) in [6.45, 7) is 0.102. The Morgan fingerprint density at radius 3 is 3.08 bits per heavy atom. The molecule has 1 N–H and O–H groups in total. The fourth-order valence-corrected chi connectivity index (χ4v) is 1.48. The van der Waals surface area contributed by atoms with Crippen molar-refractivity contribution in [3.05, 3.63) is 34.0 Å². The minimum atomic E-state index is -0.328. The van der Waals surface area contributed by atoms with Crippen LogP contribution in [0.1, 0.15) is 19.3 Å². The maximum atomic E-state index is 10.6. The number of hydrogen-bond acceptors (Lipinski definition) is 3. The van der Waals surface area contributed by atoms with Gasteiger partial charge in [0.1, 0.15) is 0 Å². The third-order valence-electron chi connectivity index (χ3n) is 2.16. The number of hydrogen-bond donors (Lipinski definition) is 1. The predicted molar refractivity (Wildman–Crippen MR) is 48.6 cm³/mol. The van der Waals surface area contributed by atoms with E-state index < -0.39 is 0 Å². The summed E-state index contributed by atoms with van der Waals surface area (Å²) in [6, 6.07) is 0. The van der Waals surface area contributed by atoms with Crippen molar-refractivity contribution in [3.63, 3.8) is 0 Å². The van der Waals surface area contributed by atoms with Crippen LogP contribution < -0.4 is 0 Å². The Kier molecular flexibility index (Phi) is 3.64. The fraction of sp³-hybridized carbons (Fsp3) is 0.556. The van der Waals surface area contributed by atoms with E-state index in [1.54, 1.807) is 12.2 Å².